The first-order valence-corrected chi connectivity index (χ1v) is 8.84. The minimum Gasteiger partial charge on any atom is -0.444 e. The van der Waals surface area contributed by atoms with Gasteiger partial charge in [0.15, 0.2) is 0 Å². The van der Waals surface area contributed by atoms with Crippen LogP contribution in [-0.4, -0.2) is 32.2 Å². The summed E-state index contributed by atoms with van der Waals surface area (Å²) in [5.41, 5.74) is 0. The number of unbranched alkanes of at least 4 members (excludes halogenated alkanes) is 1. The van der Waals surface area contributed by atoms with Crippen LogP contribution in [0.25, 0.3) is 0 Å². The Balaban J connectivity index is 2.20. The molecule has 0 spiro atoms. The summed E-state index contributed by atoms with van der Waals surface area (Å²) in [6, 6.07) is 0. The smallest absolute Gasteiger partial charge is 0.212 e. The highest BCUT2D eigenvalue weighted by Gasteiger charge is 2.11. The maximum atomic E-state index is 11.8. The number of rotatable bonds is 11. The summed E-state index contributed by atoms with van der Waals surface area (Å²) in [6.07, 6.45) is 4.99. The number of oxazole rings is 1. The van der Waals surface area contributed by atoms with Gasteiger partial charge in [0.25, 0.3) is 0 Å². The Hall–Kier alpha value is -0.920. The molecule has 0 saturated heterocycles. The molecule has 0 amide bonds. The van der Waals surface area contributed by atoms with Crippen LogP contribution in [0.1, 0.15) is 44.8 Å². The third-order valence-electron chi connectivity index (χ3n) is 2.84. The lowest BCUT2D eigenvalue weighted by Crippen LogP contribution is -2.26. The average molecular weight is 303 g/mol. The first-order valence-electron chi connectivity index (χ1n) is 7.19. The lowest BCUT2D eigenvalue weighted by molar-refractivity contribution is 0.452. The van der Waals surface area contributed by atoms with Crippen LogP contribution in [0.2, 0.25) is 0 Å². The van der Waals surface area contributed by atoms with Crippen LogP contribution in [0, 0.1) is 0 Å². The van der Waals surface area contributed by atoms with Crippen molar-refractivity contribution in [3.8, 4) is 0 Å². The Morgan fingerprint density at radius 1 is 1.25 bits per heavy atom. The molecule has 7 heteroatoms. The predicted octanol–water partition coefficient (Wildman–Crippen LogP) is 1.44. The van der Waals surface area contributed by atoms with Crippen LogP contribution in [0.5, 0.6) is 0 Å². The molecule has 0 atom stereocenters. The second kappa shape index (κ2) is 9.10. The minimum atomic E-state index is -3.25. The quantitative estimate of drug-likeness (QED) is 0.604. The molecular weight excluding hydrogens is 278 g/mol. The van der Waals surface area contributed by atoms with Crippen molar-refractivity contribution in [1.29, 1.82) is 0 Å². The van der Waals surface area contributed by atoms with Crippen molar-refractivity contribution < 1.29 is 12.8 Å². The molecule has 0 aromatic carbocycles. The Morgan fingerprint density at radius 3 is 2.70 bits per heavy atom. The molecule has 6 nitrogen and oxygen atoms in total. The van der Waals surface area contributed by atoms with E-state index in [-0.39, 0.29) is 12.3 Å². The van der Waals surface area contributed by atoms with E-state index in [4.69, 9.17) is 4.42 Å². The van der Waals surface area contributed by atoms with Crippen molar-refractivity contribution in [2.75, 3.05) is 18.8 Å². The lowest BCUT2D eigenvalue weighted by Gasteiger charge is -2.05. The molecule has 0 bridgehead atoms. The van der Waals surface area contributed by atoms with Gasteiger partial charge in [0.1, 0.15) is 5.76 Å². The van der Waals surface area contributed by atoms with Gasteiger partial charge in [-0.1, -0.05) is 13.8 Å². The fourth-order valence-corrected chi connectivity index (χ4v) is 2.75. The largest absolute Gasteiger partial charge is 0.444 e. The van der Waals surface area contributed by atoms with E-state index in [1.54, 1.807) is 6.20 Å². The Bertz CT molecular complexity index is 471. The molecule has 0 radical (unpaired) electrons. The molecule has 0 fully saturated rings. The van der Waals surface area contributed by atoms with E-state index < -0.39 is 10.0 Å². The second-order valence-electron chi connectivity index (χ2n) is 4.67. The van der Waals surface area contributed by atoms with Crippen molar-refractivity contribution >= 4 is 10.0 Å². The zero-order valence-electron chi connectivity index (χ0n) is 12.3. The highest BCUT2D eigenvalue weighted by atomic mass is 32.2. The van der Waals surface area contributed by atoms with Gasteiger partial charge in [-0.25, -0.2) is 18.1 Å². The molecule has 116 valence electrons. The van der Waals surface area contributed by atoms with Gasteiger partial charge in [0, 0.05) is 6.42 Å². The normalized spacial score (nSPS) is 11.9. The van der Waals surface area contributed by atoms with Crippen LogP contribution in [0.3, 0.4) is 0 Å². The third-order valence-corrected chi connectivity index (χ3v) is 4.25. The van der Waals surface area contributed by atoms with Gasteiger partial charge in [0.05, 0.1) is 18.5 Å². The van der Waals surface area contributed by atoms with Gasteiger partial charge in [0.2, 0.25) is 15.9 Å². The number of hydrogen-bond acceptors (Lipinski definition) is 5. The van der Waals surface area contributed by atoms with E-state index in [9.17, 15) is 8.42 Å². The van der Waals surface area contributed by atoms with Crippen molar-refractivity contribution in [2.45, 2.75) is 46.1 Å². The highest BCUT2D eigenvalue weighted by Crippen LogP contribution is 2.04. The van der Waals surface area contributed by atoms with Crippen molar-refractivity contribution in [2.24, 2.45) is 0 Å². The number of aromatic nitrogens is 1. The third kappa shape index (κ3) is 7.02. The monoisotopic (exact) mass is 303 g/mol. The van der Waals surface area contributed by atoms with Crippen LogP contribution in [0.15, 0.2) is 10.6 Å². The van der Waals surface area contributed by atoms with E-state index in [1.807, 2.05) is 6.92 Å². The van der Waals surface area contributed by atoms with E-state index >= 15 is 0 Å². The van der Waals surface area contributed by atoms with Crippen LogP contribution in [0.4, 0.5) is 0 Å². The number of nitrogens with one attached hydrogen (secondary N) is 2. The summed E-state index contributed by atoms with van der Waals surface area (Å²) >= 11 is 0. The standard InChI is InChI=1S/C13H25N3O3S/c1-3-7-14-8-5-6-9-20(17,18)16-11-13-15-10-12(4-2)19-13/h10,14,16H,3-9,11H2,1-2H3. The maximum Gasteiger partial charge on any atom is 0.212 e. The van der Waals surface area contributed by atoms with Gasteiger partial charge in [-0.3, -0.25) is 0 Å². The Kier molecular flexibility index (Phi) is 7.79. The molecule has 1 aromatic rings. The number of nitrogens with zero attached hydrogens (tertiary/aromatic N) is 1. The van der Waals surface area contributed by atoms with Crippen LogP contribution < -0.4 is 10.0 Å². The number of hydrogen-bond donors (Lipinski definition) is 2. The molecule has 1 heterocycles. The molecule has 0 aliphatic carbocycles. The molecule has 0 aliphatic heterocycles. The molecule has 1 rings (SSSR count). The zero-order chi connectivity index (χ0) is 14.8. The predicted molar refractivity (Wildman–Crippen MR) is 78.9 cm³/mol. The maximum absolute atomic E-state index is 11.8. The topological polar surface area (TPSA) is 84.2 Å². The average Bonchev–Trinajstić information content (AvgIpc) is 2.89. The SMILES string of the molecule is CCCNCCCCS(=O)(=O)NCc1ncc(CC)o1. The summed E-state index contributed by atoms with van der Waals surface area (Å²) in [7, 11) is -3.25. The molecule has 0 aliphatic rings. The lowest BCUT2D eigenvalue weighted by atomic mass is 10.3. The molecule has 2 N–H and O–H groups in total. The Morgan fingerprint density at radius 2 is 2.05 bits per heavy atom. The molecule has 20 heavy (non-hydrogen) atoms. The van der Waals surface area contributed by atoms with E-state index in [1.165, 1.54) is 0 Å². The van der Waals surface area contributed by atoms with Crippen LogP contribution in [-0.2, 0) is 23.0 Å². The molecule has 1 aromatic heterocycles. The zero-order valence-corrected chi connectivity index (χ0v) is 13.1. The summed E-state index contributed by atoms with van der Waals surface area (Å²) in [5, 5.41) is 3.25. The van der Waals surface area contributed by atoms with Crippen molar-refractivity contribution in [3.05, 3.63) is 17.8 Å². The molecule has 0 unspecified atom stereocenters. The number of aryl methyl sites for hydroxylation is 1. The summed E-state index contributed by atoms with van der Waals surface area (Å²) in [5.74, 6) is 1.32. The van der Waals surface area contributed by atoms with Gasteiger partial charge >= 0.3 is 0 Å². The summed E-state index contributed by atoms with van der Waals surface area (Å²) < 4.78 is 31.4. The number of sulfonamides is 1. The fraction of sp³-hybridized carbons (Fsp3) is 0.769. The van der Waals surface area contributed by atoms with Gasteiger partial charge in [-0.2, -0.15) is 0 Å². The Labute approximate surface area is 121 Å². The minimum absolute atomic E-state index is 0.121. The van der Waals surface area contributed by atoms with Crippen molar-refractivity contribution in [1.82, 2.24) is 15.0 Å². The van der Waals surface area contributed by atoms with E-state index in [0.717, 1.165) is 38.1 Å². The summed E-state index contributed by atoms with van der Waals surface area (Å²) in [4.78, 5) is 4.02. The summed E-state index contributed by atoms with van der Waals surface area (Å²) in [6.45, 7) is 6.03. The molecule has 0 saturated carbocycles. The van der Waals surface area contributed by atoms with Gasteiger partial charge < -0.3 is 9.73 Å². The first kappa shape index (κ1) is 17.1. The fourth-order valence-electron chi connectivity index (χ4n) is 1.68. The van der Waals surface area contributed by atoms with E-state index in [2.05, 4.69) is 21.9 Å². The first-order chi connectivity index (χ1) is 9.57. The van der Waals surface area contributed by atoms with E-state index in [0.29, 0.717) is 12.3 Å². The second-order valence-corrected chi connectivity index (χ2v) is 6.60. The van der Waals surface area contributed by atoms with Crippen molar-refractivity contribution in [3.63, 3.8) is 0 Å². The molecular formula is C13H25N3O3S. The van der Waals surface area contributed by atoms with Gasteiger partial charge in [-0.15, -0.1) is 0 Å². The van der Waals surface area contributed by atoms with Gasteiger partial charge in [-0.05, 0) is 32.4 Å². The van der Waals surface area contributed by atoms with Crippen LogP contribution >= 0.6 is 0 Å². The highest BCUT2D eigenvalue weighted by molar-refractivity contribution is 7.89.